The van der Waals surface area contributed by atoms with Gasteiger partial charge in [0.05, 0.1) is 6.61 Å². The molecule has 0 fully saturated rings. The number of hydrogen-bond acceptors (Lipinski definition) is 4. The molecule has 0 saturated carbocycles. The molecule has 1 N–H and O–H groups in total. The van der Waals surface area contributed by atoms with Crippen LogP contribution in [-0.2, 0) is 11.2 Å². The van der Waals surface area contributed by atoms with E-state index in [-0.39, 0.29) is 11.2 Å². The van der Waals surface area contributed by atoms with E-state index in [1.165, 1.54) is 0 Å². The van der Waals surface area contributed by atoms with Crippen molar-refractivity contribution in [3.8, 4) is 0 Å². The van der Waals surface area contributed by atoms with Gasteiger partial charge in [0, 0.05) is 6.42 Å². The van der Waals surface area contributed by atoms with E-state index in [0.717, 1.165) is 12.2 Å². The molecule has 0 saturated heterocycles. The van der Waals surface area contributed by atoms with Gasteiger partial charge < -0.3 is 4.74 Å². The highest BCUT2D eigenvalue weighted by Crippen LogP contribution is 2.27. The number of esters is 1. The SMILES string of the molecule is CCOC(=O)c1n[nH]c(CC(C)C(C)(C)C)n1. The number of carbonyl (C=O) groups is 1. The molecule has 1 aromatic rings. The van der Waals surface area contributed by atoms with Crippen LogP contribution in [0.25, 0.3) is 0 Å². The van der Waals surface area contributed by atoms with E-state index in [9.17, 15) is 4.79 Å². The van der Waals surface area contributed by atoms with Crippen LogP contribution >= 0.6 is 0 Å². The lowest BCUT2D eigenvalue weighted by molar-refractivity contribution is 0.0512. The van der Waals surface area contributed by atoms with E-state index in [0.29, 0.717) is 12.5 Å². The summed E-state index contributed by atoms with van der Waals surface area (Å²) in [6.07, 6.45) is 0.774. The van der Waals surface area contributed by atoms with E-state index >= 15 is 0 Å². The van der Waals surface area contributed by atoms with E-state index < -0.39 is 5.97 Å². The Labute approximate surface area is 102 Å². The Morgan fingerprint density at radius 3 is 2.65 bits per heavy atom. The summed E-state index contributed by atoms with van der Waals surface area (Å²) in [6, 6.07) is 0. The third-order valence-corrected chi connectivity index (χ3v) is 2.97. The zero-order chi connectivity index (χ0) is 13.1. The summed E-state index contributed by atoms with van der Waals surface area (Å²) in [5.74, 6) is 0.822. The minimum absolute atomic E-state index is 0.114. The highest BCUT2D eigenvalue weighted by atomic mass is 16.5. The highest BCUT2D eigenvalue weighted by molar-refractivity contribution is 5.84. The summed E-state index contributed by atoms with van der Waals surface area (Å²) in [5, 5.41) is 6.65. The fourth-order valence-corrected chi connectivity index (χ4v) is 1.27. The molecule has 17 heavy (non-hydrogen) atoms. The second-order valence-electron chi connectivity index (χ2n) is 5.30. The molecule has 1 aromatic heterocycles. The van der Waals surface area contributed by atoms with Crippen molar-refractivity contribution in [1.82, 2.24) is 15.2 Å². The molecule has 0 aliphatic heterocycles. The third kappa shape index (κ3) is 3.84. The van der Waals surface area contributed by atoms with Crippen molar-refractivity contribution in [2.45, 2.75) is 41.0 Å². The number of ether oxygens (including phenoxy) is 1. The molecule has 0 radical (unpaired) electrons. The molecule has 0 aliphatic carbocycles. The average Bonchev–Trinajstić information content (AvgIpc) is 2.65. The van der Waals surface area contributed by atoms with E-state index in [2.05, 4.69) is 42.9 Å². The van der Waals surface area contributed by atoms with Gasteiger partial charge in [-0.1, -0.05) is 27.7 Å². The first kappa shape index (κ1) is 13.7. The summed E-state index contributed by atoms with van der Waals surface area (Å²) in [5.41, 5.74) is 0.205. The van der Waals surface area contributed by atoms with Crippen LogP contribution in [-0.4, -0.2) is 27.8 Å². The predicted octanol–water partition coefficient (Wildman–Crippen LogP) is 2.21. The lowest BCUT2D eigenvalue weighted by atomic mass is 9.80. The second kappa shape index (κ2) is 5.29. The Morgan fingerprint density at radius 2 is 2.12 bits per heavy atom. The third-order valence-electron chi connectivity index (χ3n) is 2.97. The van der Waals surface area contributed by atoms with Crippen LogP contribution < -0.4 is 0 Å². The number of hydrogen-bond donors (Lipinski definition) is 1. The van der Waals surface area contributed by atoms with Crippen LogP contribution in [0, 0.1) is 11.3 Å². The Kier molecular flexibility index (Phi) is 4.26. The van der Waals surface area contributed by atoms with Crippen LogP contribution in [0.5, 0.6) is 0 Å². The predicted molar refractivity (Wildman–Crippen MR) is 64.7 cm³/mol. The molecule has 1 rings (SSSR count). The Balaban J connectivity index is 2.66. The molecular weight excluding hydrogens is 218 g/mol. The molecule has 0 aliphatic rings. The van der Waals surface area contributed by atoms with E-state index in [1.807, 2.05) is 0 Å². The Bertz CT molecular complexity index is 379. The largest absolute Gasteiger partial charge is 0.460 e. The number of aromatic nitrogens is 3. The molecule has 5 nitrogen and oxygen atoms in total. The molecule has 96 valence electrons. The van der Waals surface area contributed by atoms with Gasteiger partial charge in [0.15, 0.2) is 0 Å². The molecule has 0 spiro atoms. The number of H-pyrrole nitrogens is 1. The molecule has 0 bridgehead atoms. The van der Waals surface area contributed by atoms with Gasteiger partial charge in [0.1, 0.15) is 5.82 Å². The molecule has 0 aromatic carbocycles. The number of rotatable bonds is 4. The lowest BCUT2D eigenvalue weighted by Gasteiger charge is -2.26. The van der Waals surface area contributed by atoms with Crippen LogP contribution in [0.4, 0.5) is 0 Å². The quantitative estimate of drug-likeness (QED) is 0.818. The Morgan fingerprint density at radius 1 is 1.47 bits per heavy atom. The second-order valence-corrected chi connectivity index (χ2v) is 5.30. The summed E-state index contributed by atoms with van der Waals surface area (Å²) in [7, 11) is 0. The normalized spacial score (nSPS) is 13.5. The minimum Gasteiger partial charge on any atom is -0.460 e. The van der Waals surface area contributed by atoms with Gasteiger partial charge in [-0.25, -0.2) is 9.78 Å². The van der Waals surface area contributed by atoms with Crippen LogP contribution in [0.3, 0.4) is 0 Å². The maximum absolute atomic E-state index is 11.4. The topological polar surface area (TPSA) is 67.9 Å². The van der Waals surface area contributed by atoms with Crippen LogP contribution in [0.2, 0.25) is 0 Å². The summed E-state index contributed by atoms with van der Waals surface area (Å²) in [4.78, 5) is 15.5. The molecular formula is C12H21N3O2. The Hall–Kier alpha value is -1.39. The van der Waals surface area contributed by atoms with Gasteiger partial charge in [-0.3, -0.25) is 5.10 Å². The first-order valence-corrected chi connectivity index (χ1v) is 5.93. The smallest absolute Gasteiger partial charge is 0.378 e. The average molecular weight is 239 g/mol. The van der Waals surface area contributed by atoms with Gasteiger partial charge in [-0.15, -0.1) is 5.10 Å². The van der Waals surface area contributed by atoms with Crippen molar-refractivity contribution in [2.24, 2.45) is 11.3 Å². The monoisotopic (exact) mass is 239 g/mol. The standard InChI is InChI=1S/C12H21N3O2/c1-6-17-11(16)10-13-9(14-15-10)7-8(2)12(3,4)5/h8H,6-7H2,1-5H3,(H,13,14,15). The van der Waals surface area contributed by atoms with Crippen LogP contribution in [0.1, 0.15) is 51.1 Å². The zero-order valence-electron chi connectivity index (χ0n) is 11.2. The first-order chi connectivity index (χ1) is 7.84. The fourth-order valence-electron chi connectivity index (χ4n) is 1.27. The number of nitrogens with one attached hydrogen (secondary N) is 1. The molecule has 1 unspecified atom stereocenters. The highest BCUT2D eigenvalue weighted by Gasteiger charge is 2.22. The van der Waals surface area contributed by atoms with E-state index in [1.54, 1.807) is 6.92 Å². The summed E-state index contributed by atoms with van der Waals surface area (Å²) >= 11 is 0. The first-order valence-electron chi connectivity index (χ1n) is 5.93. The number of nitrogens with zero attached hydrogens (tertiary/aromatic N) is 2. The van der Waals surface area contributed by atoms with Gasteiger partial charge >= 0.3 is 5.97 Å². The van der Waals surface area contributed by atoms with E-state index in [4.69, 9.17) is 4.74 Å². The fraction of sp³-hybridized carbons (Fsp3) is 0.750. The molecule has 1 heterocycles. The van der Waals surface area contributed by atoms with Crippen molar-refractivity contribution in [3.63, 3.8) is 0 Å². The van der Waals surface area contributed by atoms with Crippen molar-refractivity contribution >= 4 is 5.97 Å². The van der Waals surface area contributed by atoms with Crippen molar-refractivity contribution < 1.29 is 9.53 Å². The minimum atomic E-state index is -0.474. The van der Waals surface area contributed by atoms with Crippen LogP contribution in [0.15, 0.2) is 0 Å². The van der Waals surface area contributed by atoms with Gasteiger partial charge in [0.25, 0.3) is 5.82 Å². The zero-order valence-corrected chi connectivity index (χ0v) is 11.2. The van der Waals surface area contributed by atoms with Crippen molar-refractivity contribution in [3.05, 3.63) is 11.6 Å². The van der Waals surface area contributed by atoms with Gasteiger partial charge in [0.2, 0.25) is 0 Å². The molecule has 5 heteroatoms. The van der Waals surface area contributed by atoms with Gasteiger partial charge in [-0.05, 0) is 18.3 Å². The lowest BCUT2D eigenvalue weighted by Crippen LogP contribution is -2.20. The summed E-state index contributed by atoms with van der Waals surface area (Å²) in [6.45, 7) is 10.8. The van der Waals surface area contributed by atoms with Gasteiger partial charge in [-0.2, -0.15) is 0 Å². The number of carbonyl (C=O) groups excluding carboxylic acids is 1. The van der Waals surface area contributed by atoms with Crippen molar-refractivity contribution in [1.29, 1.82) is 0 Å². The summed E-state index contributed by atoms with van der Waals surface area (Å²) < 4.78 is 4.83. The maximum Gasteiger partial charge on any atom is 0.378 e. The molecule has 0 amide bonds. The number of aromatic amines is 1. The maximum atomic E-state index is 11.4. The van der Waals surface area contributed by atoms with Crippen molar-refractivity contribution in [2.75, 3.05) is 6.61 Å². The molecule has 1 atom stereocenters.